The molecule has 0 bridgehead atoms. The predicted octanol–water partition coefficient (Wildman–Crippen LogP) is 1.60. The molecule has 0 saturated carbocycles. The number of hydrogen-bond acceptors (Lipinski definition) is 4. The Morgan fingerprint density at radius 2 is 1.70 bits per heavy atom. The molecule has 0 aromatic carbocycles. The van der Waals surface area contributed by atoms with Crippen molar-refractivity contribution in [1.82, 2.24) is 4.90 Å². The Balaban J connectivity index is 1.85. The van der Waals surface area contributed by atoms with Crippen molar-refractivity contribution in [2.45, 2.75) is 57.8 Å². The van der Waals surface area contributed by atoms with Crippen molar-refractivity contribution in [1.29, 1.82) is 0 Å². The van der Waals surface area contributed by atoms with Gasteiger partial charge in [0.2, 0.25) is 5.91 Å². The lowest BCUT2D eigenvalue weighted by atomic mass is 10.2. The quantitative estimate of drug-likeness (QED) is 0.713. The molecule has 0 N–H and O–H groups in total. The molecule has 5 nitrogen and oxygen atoms in total. The van der Waals surface area contributed by atoms with Gasteiger partial charge in [0, 0.05) is 26.3 Å². The van der Waals surface area contributed by atoms with Crippen LogP contribution in [0.2, 0.25) is 0 Å². The number of carbonyl (C=O) groups excluding carboxylic acids is 1. The second-order valence-corrected chi connectivity index (χ2v) is 5.93. The topological polar surface area (TPSA) is 48.0 Å². The summed E-state index contributed by atoms with van der Waals surface area (Å²) in [6.07, 6.45) is 4.70. The van der Waals surface area contributed by atoms with Crippen molar-refractivity contribution in [3.05, 3.63) is 0 Å². The minimum absolute atomic E-state index is 0.0460. The van der Waals surface area contributed by atoms with E-state index in [1.165, 1.54) is 0 Å². The summed E-state index contributed by atoms with van der Waals surface area (Å²) in [7, 11) is 0. The third-order valence-electron chi connectivity index (χ3n) is 3.79. The van der Waals surface area contributed by atoms with Crippen molar-refractivity contribution in [3.63, 3.8) is 0 Å². The molecule has 0 radical (unpaired) electrons. The first-order valence-electron chi connectivity index (χ1n) is 7.77. The van der Waals surface area contributed by atoms with Crippen LogP contribution in [0.5, 0.6) is 0 Å². The Bertz CT molecular complexity index is 278. The lowest BCUT2D eigenvalue weighted by molar-refractivity contribution is -0.140. The van der Waals surface area contributed by atoms with Crippen LogP contribution in [0.1, 0.15) is 39.5 Å². The molecule has 0 aromatic rings. The first-order chi connectivity index (χ1) is 9.65. The van der Waals surface area contributed by atoms with Crippen molar-refractivity contribution in [3.8, 4) is 0 Å². The van der Waals surface area contributed by atoms with Crippen molar-refractivity contribution in [2.75, 3.05) is 32.9 Å². The normalized spacial score (nSPS) is 26.4. The zero-order valence-electron chi connectivity index (χ0n) is 12.7. The predicted molar refractivity (Wildman–Crippen MR) is 75.6 cm³/mol. The van der Waals surface area contributed by atoms with Gasteiger partial charge in [-0.3, -0.25) is 4.79 Å². The summed E-state index contributed by atoms with van der Waals surface area (Å²) < 4.78 is 16.7. The van der Waals surface area contributed by atoms with E-state index in [1.807, 2.05) is 18.7 Å². The Kier molecular flexibility index (Phi) is 6.26. The lowest BCUT2D eigenvalue weighted by Crippen LogP contribution is -2.43. The summed E-state index contributed by atoms with van der Waals surface area (Å²) in [5.74, 6) is 0.0460. The molecule has 2 saturated heterocycles. The number of nitrogens with zero attached hydrogens (tertiary/aromatic N) is 1. The summed E-state index contributed by atoms with van der Waals surface area (Å²) in [5, 5.41) is 0. The average Bonchev–Trinajstić information content (AvgIpc) is 3.08. The van der Waals surface area contributed by atoms with Crippen molar-refractivity contribution < 1.29 is 19.0 Å². The largest absolute Gasteiger partial charge is 0.376 e. The molecule has 0 spiro atoms. The maximum atomic E-state index is 12.3. The standard InChI is InChI=1S/C15H27NO4/c1-12(2)20-11-15(17)16(9-13-5-3-7-18-13)10-14-6-4-8-19-14/h12-14H,3-11H2,1-2H3. The molecular formula is C15H27NO4. The van der Waals surface area contributed by atoms with E-state index < -0.39 is 0 Å². The van der Waals surface area contributed by atoms with Crippen LogP contribution in [0, 0.1) is 0 Å². The molecule has 0 aromatic heterocycles. The van der Waals surface area contributed by atoms with E-state index in [2.05, 4.69) is 0 Å². The van der Waals surface area contributed by atoms with E-state index >= 15 is 0 Å². The fourth-order valence-electron chi connectivity index (χ4n) is 2.68. The number of ether oxygens (including phenoxy) is 3. The maximum Gasteiger partial charge on any atom is 0.248 e. The van der Waals surface area contributed by atoms with Crippen LogP contribution < -0.4 is 0 Å². The van der Waals surface area contributed by atoms with E-state index in [-0.39, 0.29) is 30.8 Å². The minimum Gasteiger partial charge on any atom is -0.376 e. The van der Waals surface area contributed by atoms with Gasteiger partial charge in [-0.05, 0) is 39.5 Å². The highest BCUT2D eigenvalue weighted by molar-refractivity contribution is 5.77. The van der Waals surface area contributed by atoms with E-state index in [0.29, 0.717) is 13.1 Å². The molecular weight excluding hydrogens is 258 g/mol. The first kappa shape index (κ1) is 15.7. The third-order valence-corrected chi connectivity index (χ3v) is 3.79. The van der Waals surface area contributed by atoms with Crippen molar-refractivity contribution >= 4 is 5.91 Å². The molecule has 0 aliphatic carbocycles. The van der Waals surface area contributed by atoms with Gasteiger partial charge in [0.1, 0.15) is 6.61 Å². The van der Waals surface area contributed by atoms with Gasteiger partial charge < -0.3 is 19.1 Å². The Labute approximate surface area is 121 Å². The number of hydrogen-bond donors (Lipinski definition) is 0. The molecule has 116 valence electrons. The monoisotopic (exact) mass is 285 g/mol. The van der Waals surface area contributed by atoms with Crippen LogP contribution in [0.25, 0.3) is 0 Å². The van der Waals surface area contributed by atoms with E-state index in [1.54, 1.807) is 0 Å². The molecule has 2 aliphatic heterocycles. The van der Waals surface area contributed by atoms with Gasteiger partial charge in [0.15, 0.2) is 0 Å². The zero-order valence-corrected chi connectivity index (χ0v) is 12.7. The lowest BCUT2D eigenvalue weighted by Gasteiger charge is -2.28. The molecule has 20 heavy (non-hydrogen) atoms. The van der Waals surface area contributed by atoms with Gasteiger partial charge in [-0.25, -0.2) is 0 Å². The van der Waals surface area contributed by atoms with E-state index in [9.17, 15) is 4.79 Å². The number of amides is 1. The van der Waals surface area contributed by atoms with Gasteiger partial charge >= 0.3 is 0 Å². The Hall–Kier alpha value is -0.650. The van der Waals surface area contributed by atoms with E-state index in [4.69, 9.17) is 14.2 Å². The van der Waals surface area contributed by atoms with Crippen LogP contribution in [-0.2, 0) is 19.0 Å². The van der Waals surface area contributed by atoms with Crippen LogP contribution in [0.15, 0.2) is 0 Å². The summed E-state index contributed by atoms with van der Waals surface area (Å²) in [4.78, 5) is 14.2. The van der Waals surface area contributed by atoms with Gasteiger partial charge in [-0.15, -0.1) is 0 Å². The smallest absolute Gasteiger partial charge is 0.248 e. The molecule has 2 atom stereocenters. The molecule has 5 heteroatoms. The number of rotatable bonds is 7. The number of carbonyl (C=O) groups is 1. The molecule has 2 heterocycles. The Morgan fingerprint density at radius 3 is 2.10 bits per heavy atom. The van der Waals surface area contributed by atoms with Gasteiger partial charge in [-0.2, -0.15) is 0 Å². The molecule has 1 amide bonds. The fourth-order valence-corrected chi connectivity index (χ4v) is 2.68. The summed E-state index contributed by atoms with van der Waals surface area (Å²) in [6.45, 7) is 7.00. The van der Waals surface area contributed by atoms with Crippen molar-refractivity contribution in [2.24, 2.45) is 0 Å². The maximum absolute atomic E-state index is 12.3. The first-order valence-corrected chi connectivity index (χ1v) is 7.77. The highest BCUT2D eigenvalue weighted by atomic mass is 16.5. The average molecular weight is 285 g/mol. The fraction of sp³-hybridized carbons (Fsp3) is 0.933. The van der Waals surface area contributed by atoms with Gasteiger partial charge in [-0.1, -0.05) is 0 Å². The summed E-state index contributed by atoms with van der Waals surface area (Å²) in [5.41, 5.74) is 0. The van der Waals surface area contributed by atoms with Crippen LogP contribution in [-0.4, -0.2) is 62.0 Å². The Morgan fingerprint density at radius 1 is 1.15 bits per heavy atom. The minimum atomic E-state index is 0.0460. The molecule has 2 rings (SSSR count). The zero-order chi connectivity index (χ0) is 14.4. The molecule has 2 unspecified atom stereocenters. The van der Waals surface area contributed by atoms with E-state index in [0.717, 1.165) is 38.9 Å². The summed E-state index contributed by atoms with van der Waals surface area (Å²) >= 11 is 0. The van der Waals surface area contributed by atoms with Gasteiger partial charge in [0.25, 0.3) is 0 Å². The molecule has 2 fully saturated rings. The van der Waals surface area contributed by atoms with Crippen LogP contribution in [0.3, 0.4) is 0 Å². The van der Waals surface area contributed by atoms with Gasteiger partial charge in [0.05, 0.1) is 18.3 Å². The third kappa shape index (κ3) is 5.04. The van der Waals surface area contributed by atoms with Crippen LogP contribution >= 0.6 is 0 Å². The highest BCUT2D eigenvalue weighted by Gasteiger charge is 2.26. The summed E-state index contributed by atoms with van der Waals surface area (Å²) in [6, 6.07) is 0. The molecule has 2 aliphatic rings. The SMILES string of the molecule is CC(C)OCC(=O)N(CC1CCCO1)CC1CCCO1. The second kappa shape index (κ2) is 7.96. The second-order valence-electron chi connectivity index (χ2n) is 5.93. The van der Waals surface area contributed by atoms with Crippen LogP contribution in [0.4, 0.5) is 0 Å². The highest BCUT2D eigenvalue weighted by Crippen LogP contribution is 2.17.